The molecule has 0 spiro atoms. The van der Waals surface area contributed by atoms with Crippen LogP contribution in [0.5, 0.6) is 0 Å². The monoisotopic (exact) mass is 269 g/mol. The van der Waals surface area contributed by atoms with E-state index in [-0.39, 0.29) is 53.1 Å². The first-order valence-corrected chi connectivity index (χ1v) is 7.46. The van der Waals surface area contributed by atoms with Crippen molar-refractivity contribution in [3.8, 4) is 0 Å². The second-order valence-corrected chi connectivity index (χ2v) is 6.90. The van der Waals surface area contributed by atoms with E-state index < -0.39 is 0 Å². The van der Waals surface area contributed by atoms with Crippen LogP contribution in [0.4, 0.5) is 0 Å². The molecule has 1 N–H and O–H groups in total. The Labute approximate surface area is 120 Å². The lowest BCUT2D eigenvalue weighted by Crippen LogP contribution is -2.26. The molecular formula is C17H32O2. The Bertz CT molecular complexity index is 338. The molecular weight excluding hydrogens is 236 g/mol. The summed E-state index contributed by atoms with van der Waals surface area (Å²) in [6.07, 6.45) is 0. The average molecular weight is 269 g/mol. The van der Waals surface area contributed by atoms with Crippen molar-refractivity contribution >= 4 is 5.78 Å². The van der Waals surface area contributed by atoms with Crippen LogP contribution in [0, 0.1) is 35.5 Å². The van der Waals surface area contributed by atoms with Crippen LogP contribution < -0.4 is 0 Å². The molecule has 0 atom stereocenters. The summed E-state index contributed by atoms with van der Waals surface area (Å²) in [5, 5.41) is 10.4. The summed E-state index contributed by atoms with van der Waals surface area (Å²) < 4.78 is 8.10. The fraction of sp³-hybridized carbons (Fsp3) is 0.824. The molecule has 0 aliphatic carbocycles. The number of carbonyl (C=O) groups is 1. The largest absolute Gasteiger partial charge is 0.512 e. The van der Waals surface area contributed by atoms with Gasteiger partial charge in [0, 0.05) is 17.9 Å². The van der Waals surface area contributed by atoms with Gasteiger partial charge in [0.2, 0.25) is 0 Å². The van der Waals surface area contributed by atoms with E-state index in [1.54, 1.807) is 0 Å². The van der Waals surface area contributed by atoms with E-state index in [4.69, 9.17) is 1.37 Å². The minimum absolute atomic E-state index is 0.0358. The topological polar surface area (TPSA) is 37.3 Å². The van der Waals surface area contributed by atoms with Crippen molar-refractivity contribution in [3.63, 3.8) is 0 Å². The van der Waals surface area contributed by atoms with Gasteiger partial charge in [-0.3, -0.25) is 4.79 Å². The molecule has 0 amide bonds. The number of hydrogen-bond acceptors (Lipinski definition) is 2. The third-order valence-electron chi connectivity index (χ3n) is 3.74. The number of rotatable bonds is 7. The van der Waals surface area contributed by atoms with Crippen LogP contribution in [-0.2, 0) is 4.79 Å². The standard InChI is InChI=1S/C17H32O2/c1-10(2)16(11(3)4)14(18)9-15(19)17(12(5)6)13(7)8/h9-13,16-18H,1-8H3/b14-9-/i9D. The van der Waals surface area contributed by atoms with Crippen molar-refractivity contribution in [1.29, 1.82) is 0 Å². The van der Waals surface area contributed by atoms with E-state index in [0.717, 1.165) is 0 Å². The van der Waals surface area contributed by atoms with Gasteiger partial charge in [0.25, 0.3) is 0 Å². The van der Waals surface area contributed by atoms with Gasteiger partial charge in [0.1, 0.15) is 0 Å². The molecule has 0 radical (unpaired) electrons. The molecule has 2 nitrogen and oxygen atoms in total. The van der Waals surface area contributed by atoms with Gasteiger partial charge in [-0.05, 0) is 23.7 Å². The normalized spacial score (nSPS) is 14.9. The summed E-state index contributed by atoms with van der Waals surface area (Å²) in [7, 11) is 0. The summed E-state index contributed by atoms with van der Waals surface area (Å²) in [5.41, 5.74) is 0. The summed E-state index contributed by atoms with van der Waals surface area (Å²) in [6.45, 7) is 16.0. The first-order chi connectivity index (χ1) is 9.02. The molecule has 0 fully saturated rings. The van der Waals surface area contributed by atoms with Gasteiger partial charge in [0.05, 0.1) is 7.13 Å². The van der Waals surface area contributed by atoms with Crippen molar-refractivity contribution in [1.82, 2.24) is 0 Å². The Morgan fingerprint density at radius 3 is 1.42 bits per heavy atom. The predicted molar refractivity (Wildman–Crippen MR) is 82.1 cm³/mol. The zero-order valence-electron chi connectivity index (χ0n) is 14.8. The van der Waals surface area contributed by atoms with Gasteiger partial charge >= 0.3 is 0 Å². The van der Waals surface area contributed by atoms with Crippen LogP contribution in [-0.4, -0.2) is 10.9 Å². The highest BCUT2D eigenvalue weighted by Crippen LogP contribution is 2.28. The molecule has 0 aromatic carbocycles. The first kappa shape index (κ1) is 16.3. The lowest BCUT2D eigenvalue weighted by molar-refractivity contribution is -0.121. The Balaban J connectivity index is 5.52. The molecule has 0 saturated heterocycles. The van der Waals surface area contributed by atoms with Gasteiger partial charge < -0.3 is 5.11 Å². The molecule has 0 rings (SSSR count). The van der Waals surface area contributed by atoms with Crippen LogP contribution >= 0.6 is 0 Å². The minimum atomic E-state index is -0.223. The van der Waals surface area contributed by atoms with Crippen molar-refractivity contribution in [2.75, 3.05) is 0 Å². The van der Waals surface area contributed by atoms with Crippen molar-refractivity contribution in [2.24, 2.45) is 35.5 Å². The number of carbonyl (C=O) groups excluding carboxylic acids is 1. The predicted octanol–water partition coefficient (Wildman–Crippen LogP) is 4.85. The Morgan fingerprint density at radius 1 is 0.842 bits per heavy atom. The van der Waals surface area contributed by atoms with Gasteiger partial charge in [-0.25, -0.2) is 0 Å². The molecule has 0 heterocycles. The zero-order chi connectivity index (χ0) is 16.2. The molecule has 2 heteroatoms. The Kier molecular flexibility index (Phi) is 6.60. The third-order valence-corrected chi connectivity index (χ3v) is 3.74. The van der Waals surface area contributed by atoms with Crippen LogP contribution in [0.3, 0.4) is 0 Å². The van der Waals surface area contributed by atoms with Gasteiger partial charge in [-0.1, -0.05) is 55.4 Å². The maximum atomic E-state index is 12.5. The van der Waals surface area contributed by atoms with Gasteiger partial charge in [0.15, 0.2) is 5.78 Å². The van der Waals surface area contributed by atoms with Crippen LogP contribution in [0.25, 0.3) is 0 Å². The van der Waals surface area contributed by atoms with Crippen LogP contribution in [0.2, 0.25) is 0 Å². The molecule has 0 aliphatic heterocycles. The smallest absolute Gasteiger partial charge is 0.162 e. The highest BCUT2D eigenvalue weighted by atomic mass is 16.3. The minimum Gasteiger partial charge on any atom is -0.512 e. The molecule has 0 unspecified atom stereocenters. The first-order valence-electron chi connectivity index (χ1n) is 7.96. The van der Waals surface area contributed by atoms with Crippen LogP contribution in [0.1, 0.15) is 56.8 Å². The van der Waals surface area contributed by atoms with E-state index in [9.17, 15) is 9.90 Å². The summed E-state index contributed by atoms with van der Waals surface area (Å²) in [5.74, 6) is 0.167. The molecule has 0 saturated carbocycles. The number of allylic oxidation sites excluding steroid dienone is 2. The molecule has 0 aliphatic rings. The molecule has 112 valence electrons. The zero-order valence-corrected chi connectivity index (χ0v) is 13.8. The second-order valence-electron chi connectivity index (χ2n) is 6.90. The van der Waals surface area contributed by atoms with E-state index in [0.29, 0.717) is 0 Å². The fourth-order valence-electron chi connectivity index (χ4n) is 3.07. The van der Waals surface area contributed by atoms with Crippen molar-refractivity contribution in [3.05, 3.63) is 11.8 Å². The number of hydrogen-bond donors (Lipinski definition) is 1. The van der Waals surface area contributed by atoms with E-state index in [1.165, 1.54) is 0 Å². The summed E-state index contributed by atoms with van der Waals surface area (Å²) >= 11 is 0. The Hall–Kier alpha value is -0.790. The lowest BCUT2D eigenvalue weighted by atomic mass is 9.79. The average Bonchev–Trinajstić information content (AvgIpc) is 2.25. The number of aliphatic hydroxyl groups excluding tert-OH is 1. The molecule has 0 bridgehead atoms. The molecule has 19 heavy (non-hydrogen) atoms. The third kappa shape index (κ3) is 5.38. The van der Waals surface area contributed by atoms with Crippen molar-refractivity contribution < 1.29 is 11.3 Å². The maximum absolute atomic E-state index is 12.5. The lowest BCUT2D eigenvalue weighted by Gasteiger charge is -2.26. The highest BCUT2D eigenvalue weighted by Gasteiger charge is 2.27. The second kappa shape index (κ2) is 7.72. The summed E-state index contributed by atoms with van der Waals surface area (Å²) in [6, 6.07) is -0.190. The van der Waals surface area contributed by atoms with E-state index >= 15 is 0 Å². The van der Waals surface area contributed by atoms with Gasteiger partial charge in [-0.15, -0.1) is 0 Å². The van der Waals surface area contributed by atoms with E-state index in [1.807, 2.05) is 55.4 Å². The quantitative estimate of drug-likeness (QED) is 0.529. The van der Waals surface area contributed by atoms with Crippen molar-refractivity contribution in [2.45, 2.75) is 55.4 Å². The summed E-state index contributed by atoms with van der Waals surface area (Å²) in [4.78, 5) is 12.5. The SMILES string of the molecule is [2H]/C(C(=O)C(C(C)C)C(C)C)=C(/O)C(C(C)C)C(C)C. The molecule has 0 aromatic heterocycles. The van der Waals surface area contributed by atoms with Crippen LogP contribution in [0.15, 0.2) is 11.8 Å². The highest BCUT2D eigenvalue weighted by molar-refractivity contribution is 5.92. The van der Waals surface area contributed by atoms with Gasteiger partial charge in [-0.2, -0.15) is 0 Å². The fourth-order valence-corrected chi connectivity index (χ4v) is 3.07. The number of ketones is 1. The maximum Gasteiger partial charge on any atom is 0.162 e. The number of aliphatic hydroxyl groups is 1. The van der Waals surface area contributed by atoms with E-state index in [2.05, 4.69) is 0 Å². The Morgan fingerprint density at radius 2 is 1.16 bits per heavy atom. The molecule has 0 aromatic rings.